The van der Waals surface area contributed by atoms with E-state index in [4.69, 9.17) is 11.6 Å². The summed E-state index contributed by atoms with van der Waals surface area (Å²) in [6, 6.07) is 6.29. The Morgan fingerprint density at radius 1 is 1.25 bits per heavy atom. The highest BCUT2D eigenvalue weighted by molar-refractivity contribution is 6.30. The molecule has 1 aromatic rings. The Balaban J connectivity index is 2.47. The number of hydrogen-bond donors (Lipinski definition) is 2. The van der Waals surface area contributed by atoms with Gasteiger partial charge in [-0.2, -0.15) is 0 Å². The molecule has 1 rings (SSSR count). The molecule has 0 radical (unpaired) electrons. The highest BCUT2D eigenvalue weighted by atomic mass is 35.5. The predicted octanol–water partition coefficient (Wildman–Crippen LogP) is 0.747. The van der Waals surface area contributed by atoms with Crippen LogP contribution in [0, 0.1) is 0 Å². The zero-order valence-corrected chi connectivity index (χ0v) is 9.38. The standard InChI is InChI=1S/C10H11ClN2O3/c1-16-6-9(14)12-13-10(15)7-2-4-8(11)5-3-7/h2-5H,6H2,1H3,(H,12,14)(H,13,15). The molecule has 0 heterocycles. The van der Waals surface area contributed by atoms with E-state index in [1.54, 1.807) is 24.3 Å². The van der Waals surface area contributed by atoms with Gasteiger partial charge in [0, 0.05) is 17.7 Å². The Kier molecular flexibility index (Phi) is 4.75. The van der Waals surface area contributed by atoms with Crippen molar-refractivity contribution in [3.63, 3.8) is 0 Å². The molecule has 0 spiro atoms. The lowest BCUT2D eigenvalue weighted by molar-refractivity contribution is -0.125. The Hall–Kier alpha value is -1.59. The van der Waals surface area contributed by atoms with Crippen molar-refractivity contribution >= 4 is 23.4 Å². The maximum Gasteiger partial charge on any atom is 0.269 e. The van der Waals surface area contributed by atoms with E-state index in [0.29, 0.717) is 10.6 Å². The minimum Gasteiger partial charge on any atom is -0.375 e. The van der Waals surface area contributed by atoms with Crippen LogP contribution < -0.4 is 10.9 Å². The molecule has 2 amide bonds. The predicted molar refractivity (Wildman–Crippen MR) is 58.9 cm³/mol. The molecule has 0 aliphatic carbocycles. The van der Waals surface area contributed by atoms with Crippen molar-refractivity contribution in [3.05, 3.63) is 34.9 Å². The lowest BCUT2D eigenvalue weighted by Gasteiger charge is -2.06. The third-order valence-corrected chi connectivity index (χ3v) is 1.95. The molecular formula is C10H11ClN2O3. The van der Waals surface area contributed by atoms with Gasteiger partial charge in [-0.05, 0) is 24.3 Å². The van der Waals surface area contributed by atoms with E-state index in [1.807, 2.05) is 0 Å². The third kappa shape index (κ3) is 3.88. The normalized spacial score (nSPS) is 9.62. The highest BCUT2D eigenvalue weighted by Gasteiger charge is 2.06. The van der Waals surface area contributed by atoms with Gasteiger partial charge in [0.2, 0.25) is 0 Å². The molecule has 6 heteroatoms. The molecule has 1 aromatic carbocycles. The largest absolute Gasteiger partial charge is 0.375 e. The Labute approximate surface area is 97.7 Å². The summed E-state index contributed by atoms with van der Waals surface area (Å²) < 4.78 is 4.58. The van der Waals surface area contributed by atoms with Crippen LogP contribution in [0.15, 0.2) is 24.3 Å². The van der Waals surface area contributed by atoms with Gasteiger partial charge >= 0.3 is 0 Å². The van der Waals surface area contributed by atoms with Crippen molar-refractivity contribution in [2.75, 3.05) is 13.7 Å². The zero-order valence-electron chi connectivity index (χ0n) is 8.62. The molecular weight excluding hydrogens is 232 g/mol. The molecule has 5 nitrogen and oxygen atoms in total. The maximum atomic E-state index is 11.5. The van der Waals surface area contributed by atoms with Gasteiger partial charge in [-0.3, -0.25) is 20.4 Å². The van der Waals surface area contributed by atoms with Crippen LogP contribution in [-0.2, 0) is 9.53 Å². The van der Waals surface area contributed by atoms with Crippen molar-refractivity contribution in [1.29, 1.82) is 0 Å². The highest BCUT2D eigenvalue weighted by Crippen LogP contribution is 2.08. The minimum atomic E-state index is -0.426. The van der Waals surface area contributed by atoms with Crippen LogP contribution >= 0.6 is 11.6 Å². The second-order valence-electron chi connectivity index (χ2n) is 2.94. The molecule has 0 aromatic heterocycles. The average Bonchev–Trinajstić information content (AvgIpc) is 2.27. The van der Waals surface area contributed by atoms with E-state index >= 15 is 0 Å². The fraction of sp³-hybridized carbons (Fsp3) is 0.200. The zero-order chi connectivity index (χ0) is 12.0. The fourth-order valence-electron chi connectivity index (χ4n) is 0.967. The van der Waals surface area contributed by atoms with Crippen LogP contribution in [0.2, 0.25) is 5.02 Å². The van der Waals surface area contributed by atoms with Crippen LogP contribution in [0.3, 0.4) is 0 Å². The molecule has 0 saturated carbocycles. The topological polar surface area (TPSA) is 67.4 Å². The van der Waals surface area contributed by atoms with Crippen molar-refractivity contribution in [2.24, 2.45) is 0 Å². The lowest BCUT2D eigenvalue weighted by Crippen LogP contribution is -2.43. The van der Waals surface area contributed by atoms with Crippen molar-refractivity contribution in [1.82, 2.24) is 10.9 Å². The van der Waals surface area contributed by atoms with E-state index in [1.165, 1.54) is 7.11 Å². The van der Waals surface area contributed by atoms with Crippen LogP contribution in [0.1, 0.15) is 10.4 Å². The van der Waals surface area contributed by atoms with Crippen LogP contribution in [0.25, 0.3) is 0 Å². The first-order valence-electron chi connectivity index (χ1n) is 4.47. The molecule has 0 aliphatic heterocycles. The summed E-state index contributed by atoms with van der Waals surface area (Å²) in [5, 5.41) is 0.542. The molecule has 0 atom stereocenters. The summed E-state index contributed by atoms with van der Waals surface area (Å²) in [6.45, 7) is -0.110. The van der Waals surface area contributed by atoms with Crippen LogP contribution in [0.4, 0.5) is 0 Å². The number of nitrogens with one attached hydrogen (secondary N) is 2. The van der Waals surface area contributed by atoms with Crippen molar-refractivity contribution in [2.45, 2.75) is 0 Å². The first kappa shape index (κ1) is 12.5. The minimum absolute atomic E-state index is 0.110. The summed E-state index contributed by atoms with van der Waals surface area (Å²) in [5.74, 6) is -0.842. The van der Waals surface area contributed by atoms with Gasteiger partial charge in [0.1, 0.15) is 6.61 Å². The SMILES string of the molecule is COCC(=O)NNC(=O)c1ccc(Cl)cc1. The number of amides is 2. The van der Waals surface area contributed by atoms with Crippen molar-refractivity contribution < 1.29 is 14.3 Å². The van der Waals surface area contributed by atoms with E-state index in [9.17, 15) is 9.59 Å². The molecule has 0 aliphatic rings. The number of carbonyl (C=O) groups excluding carboxylic acids is 2. The monoisotopic (exact) mass is 242 g/mol. The molecule has 0 fully saturated rings. The van der Waals surface area contributed by atoms with Gasteiger partial charge in [0.05, 0.1) is 0 Å². The molecule has 16 heavy (non-hydrogen) atoms. The summed E-state index contributed by atoms with van der Waals surface area (Å²) in [5.41, 5.74) is 4.85. The fourth-order valence-corrected chi connectivity index (χ4v) is 1.09. The molecule has 86 valence electrons. The molecule has 0 unspecified atom stereocenters. The molecule has 2 N–H and O–H groups in total. The van der Waals surface area contributed by atoms with E-state index in [-0.39, 0.29) is 6.61 Å². The number of methoxy groups -OCH3 is 1. The van der Waals surface area contributed by atoms with Gasteiger partial charge in [-0.1, -0.05) is 11.6 Å². The summed E-state index contributed by atoms with van der Waals surface area (Å²) in [4.78, 5) is 22.4. The van der Waals surface area contributed by atoms with Gasteiger partial charge in [0.15, 0.2) is 0 Å². The van der Waals surface area contributed by atoms with E-state index < -0.39 is 11.8 Å². The van der Waals surface area contributed by atoms with Gasteiger partial charge in [-0.15, -0.1) is 0 Å². The second-order valence-corrected chi connectivity index (χ2v) is 3.38. The molecule has 0 bridgehead atoms. The van der Waals surface area contributed by atoms with Crippen molar-refractivity contribution in [3.8, 4) is 0 Å². The quantitative estimate of drug-likeness (QED) is 0.769. The number of benzene rings is 1. The smallest absolute Gasteiger partial charge is 0.269 e. The van der Waals surface area contributed by atoms with Crippen LogP contribution in [0.5, 0.6) is 0 Å². The van der Waals surface area contributed by atoms with Gasteiger partial charge in [-0.25, -0.2) is 0 Å². The van der Waals surface area contributed by atoms with E-state index in [2.05, 4.69) is 15.6 Å². The Morgan fingerprint density at radius 3 is 2.44 bits per heavy atom. The number of carbonyl (C=O) groups is 2. The number of rotatable bonds is 3. The Morgan fingerprint density at radius 2 is 1.88 bits per heavy atom. The molecule has 0 saturated heterocycles. The third-order valence-electron chi connectivity index (χ3n) is 1.70. The number of ether oxygens (including phenoxy) is 1. The number of hydrazine groups is 1. The van der Waals surface area contributed by atoms with Gasteiger partial charge < -0.3 is 4.74 Å². The second kappa shape index (κ2) is 6.09. The lowest BCUT2D eigenvalue weighted by atomic mass is 10.2. The van der Waals surface area contributed by atoms with E-state index in [0.717, 1.165) is 0 Å². The number of halogens is 1. The first-order chi connectivity index (χ1) is 7.63. The first-order valence-corrected chi connectivity index (χ1v) is 4.85. The Bertz CT molecular complexity index is 378. The number of hydrogen-bond acceptors (Lipinski definition) is 3. The summed E-state index contributed by atoms with van der Waals surface area (Å²) >= 11 is 5.67. The van der Waals surface area contributed by atoms with Gasteiger partial charge in [0.25, 0.3) is 11.8 Å². The average molecular weight is 243 g/mol. The maximum absolute atomic E-state index is 11.5. The summed E-state index contributed by atoms with van der Waals surface area (Å²) in [6.07, 6.45) is 0. The van der Waals surface area contributed by atoms with Crippen LogP contribution in [-0.4, -0.2) is 25.5 Å². The summed E-state index contributed by atoms with van der Waals surface area (Å²) in [7, 11) is 1.39.